The Labute approximate surface area is 135 Å². The molecule has 4 heteroatoms. The molecule has 0 aliphatic carbocycles. The predicted molar refractivity (Wildman–Crippen MR) is 90.2 cm³/mol. The van der Waals surface area contributed by atoms with Gasteiger partial charge in [-0.15, -0.1) is 0 Å². The first-order valence-corrected chi connectivity index (χ1v) is 8.55. The number of halogens is 2. The number of hydrogen-bond acceptors (Lipinski definition) is 2. The summed E-state index contributed by atoms with van der Waals surface area (Å²) in [4.78, 5) is 2.49. The maximum atomic E-state index is 6.37. The van der Waals surface area contributed by atoms with Crippen molar-refractivity contribution in [1.29, 1.82) is 0 Å². The molecule has 1 atom stereocenters. The van der Waals surface area contributed by atoms with Gasteiger partial charge in [-0.3, -0.25) is 4.90 Å². The molecule has 0 amide bonds. The van der Waals surface area contributed by atoms with Gasteiger partial charge in [0.05, 0.1) is 0 Å². The molecule has 0 spiro atoms. The summed E-state index contributed by atoms with van der Waals surface area (Å²) in [5, 5.41) is 0.812. The van der Waals surface area contributed by atoms with Gasteiger partial charge in [0, 0.05) is 22.1 Å². The third kappa shape index (κ3) is 3.56. The fourth-order valence-corrected chi connectivity index (χ4v) is 3.59. The van der Waals surface area contributed by atoms with Gasteiger partial charge < -0.3 is 5.73 Å². The monoisotopic (exact) mass is 358 g/mol. The second-order valence-electron chi connectivity index (χ2n) is 6.12. The molecule has 1 aromatic carbocycles. The molecule has 1 aliphatic heterocycles. The van der Waals surface area contributed by atoms with Gasteiger partial charge in [0.1, 0.15) is 0 Å². The molecule has 2 nitrogen and oxygen atoms in total. The normalized spacial score (nSPS) is 20.9. The lowest BCUT2D eigenvalue weighted by molar-refractivity contribution is 0.0829. The average molecular weight is 360 g/mol. The van der Waals surface area contributed by atoms with Crippen molar-refractivity contribution in [3.8, 4) is 0 Å². The first-order chi connectivity index (χ1) is 9.49. The van der Waals surface area contributed by atoms with Crippen LogP contribution in [-0.4, -0.2) is 24.5 Å². The van der Waals surface area contributed by atoms with Gasteiger partial charge in [-0.25, -0.2) is 0 Å². The van der Waals surface area contributed by atoms with Gasteiger partial charge in [0.25, 0.3) is 0 Å². The largest absolute Gasteiger partial charge is 0.329 e. The van der Waals surface area contributed by atoms with E-state index in [1.165, 1.54) is 19.3 Å². The molecular formula is C16H24BrClN2. The van der Waals surface area contributed by atoms with Crippen molar-refractivity contribution in [2.24, 2.45) is 11.1 Å². The molecule has 1 saturated heterocycles. The number of piperidine rings is 1. The Hall–Kier alpha value is -0.0900. The van der Waals surface area contributed by atoms with E-state index in [9.17, 15) is 0 Å². The van der Waals surface area contributed by atoms with E-state index in [0.717, 1.165) is 28.1 Å². The van der Waals surface area contributed by atoms with Crippen LogP contribution in [0.25, 0.3) is 0 Å². The Morgan fingerprint density at radius 1 is 1.40 bits per heavy atom. The van der Waals surface area contributed by atoms with Gasteiger partial charge in [-0.1, -0.05) is 47.8 Å². The van der Waals surface area contributed by atoms with E-state index in [4.69, 9.17) is 17.3 Å². The number of benzene rings is 1. The molecule has 112 valence electrons. The van der Waals surface area contributed by atoms with Crippen molar-refractivity contribution in [1.82, 2.24) is 4.90 Å². The van der Waals surface area contributed by atoms with Crippen molar-refractivity contribution < 1.29 is 0 Å². The zero-order valence-corrected chi connectivity index (χ0v) is 14.7. The van der Waals surface area contributed by atoms with E-state index in [1.807, 2.05) is 12.1 Å². The van der Waals surface area contributed by atoms with E-state index < -0.39 is 0 Å². The average Bonchev–Trinajstić information content (AvgIpc) is 2.45. The zero-order chi connectivity index (χ0) is 14.8. The summed E-state index contributed by atoms with van der Waals surface area (Å²) in [7, 11) is 0. The van der Waals surface area contributed by atoms with Gasteiger partial charge in [-0.05, 0) is 55.1 Å². The topological polar surface area (TPSA) is 29.3 Å². The number of rotatable bonds is 4. The van der Waals surface area contributed by atoms with E-state index in [1.54, 1.807) is 0 Å². The standard InChI is InChI=1S/C16H24BrClN2/c1-3-16(2)6-8-20(9-7-16)15(11-19)13-10-12(17)4-5-14(13)18/h4-5,10,15H,3,6-9,11,19H2,1-2H3. The molecule has 1 aromatic rings. The van der Waals surface area contributed by atoms with Crippen LogP contribution in [0.4, 0.5) is 0 Å². The highest BCUT2D eigenvalue weighted by molar-refractivity contribution is 9.10. The maximum Gasteiger partial charge on any atom is 0.0485 e. The summed E-state index contributed by atoms with van der Waals surface area (Å²) in [5.41, 5.74) is 7.68. The quantitative estimate of drug-likeness (QED) is 0.850. The molecule has 1 unspecified atom stereocenters. The molecule has 20 heavy (non-hydrogen) atoms. The molecule has 1 aliphatic rings. The Morgan fingerprint density at radius 2 is 2.05 bits per heavy atom. The minimum absolute atomic E-state index is 0.224. The molecule has 2 N–H and O–H groups in total. The summed E-state index contributed by atoms with van der Waals surface area (Å²) in [6.45, 7) is 7.51. The van der Waals surface area contributed by atoms with Crippen molar-refractivity contribution in [2.75, 3.05) is 19.6 Å². The van der Waals surface area contributed by atoms with E-state index >= 15 is 0 Å². The highest BCUT2D eigenvalue weighted by Gasteiger charge is 2.32. The lowest BCUT2D eigenvalue weighted by Crippen LogP contribution is -2.42. The van der Waals surface area contributed by atoms with Crippen molar-refractivity contribution >= 4 is 27.5 Å². The smallest absolute Gasteiger partial charge is 0.0485 e. The van der Waals surface area contributed by atoms with E-state index in [-0.39, 0.29) is 6.04 Å². The maximum absolute atomic E-state index is 6.37. The summed E-state index contributed by atoms with van der Waals surface area (Å²) >= 11 is 9.90. The van der Waals surface area contributed by atoms with Crippen molar-refractivity contribution in [3.05, 3.63) is 33.3 Å². The summed E-state index contributed by atoms with van der Waals surface area (Å²) in [5.74, 6) is 0. The van der Waals surface area contributed by atoms with Crippen LogP contribution < -0.4 is 5.73 Å². The number of likely N-dealkylation sites (tertiary alicyclic amines) is 1. The summed E-state index contributed by atoms with van der Waals surface area (Å²) in [6, 6.07) is 6.25. The number of nitrogens with zero attached hydrogens (tertiary/aromatic N) is 1. The SMILES string of the molecule is CCC1(C)CCN(C(CN)c2cc(Br)ccc2Cl)CC1. The fourth-order valence-electron chi connectivity index (χ4n) is 2.97. The highest BCUT2D eigenvalue weighted by atomic mass is 79.9. The highest BCUT2D eigenvalue weighted by Crippen LogP contribution is 2.38. The molecule has 2 rings (SSSR count). The molecule has 1 heterocycles. The molecule has 0 radical (unpaired) electrons. The molecular weight excluding hydrogens is 336 g/mol. The van der Waals surface area contributed by atoms with Crippen LogP contribution in [0.3, 0.4) is 0 Å². The minimum atomic E-state index is 0.224. The van der Waals surface area contributed by atoms with E-state index in [0.29, 0.717) is 12.0 Å². The zero-order valence-electron chi connectivity index (χ0n) is 12.3. The van der Waals surface area contributed by atoms with Gasteiger partial charge in [-0.2, -0.15) is 0 Å². The Bertz CT molecular complexity index is 456. The van der Waals surface area contributed by atoms with Crippen LogP contribution in [0.2, 0.25) is 5.02 Å². The van der Waals surface area contributed by atoms with Gasteiger partial charge >= 0.3 is 0 Å². The van der Waals surface area contributed by atoms with Crippen LogP contribution in [0.5, 0.6) is 0 Å². The van der Waals surface area contributed by atoms with Crippen LogP contribution in [0.1, 0.15) is 44.7 Å². The van der Waals surface area contributed by atoms with Crippen LogP contribution >= 0.6 is 27.5 Å². The van der Waals surface area contributed by atoms with Gasteiger partial charge in [0.2, 0.25) is 0 Å². The second-order valence-corrected chi connectivity index (χ2v) is 7.44. The fraction of sp³-hybridized carbons (Fsp3) is 0.625. The lowest BCUT2D eigenvalue weighted by Gasteiger charge is -2.42. The molecule has 1 fully saturated rings. The third-order valence-electron chi connectivity index (χ3n) is 4.84. The van der Waals surface area contributed by atoms with Gasteiger partial charge in [0.15, 0.2) is 0 Å². The molecule has 0 aromatic heterocycles. The first kappa shape index (κ1) is 16.3. The Balaban J connectivity index is 2.15. The number of hydrogen-bond donors (Lipinski definition) is 1. The predicted octanol–water partition coefficient (Wildman–Crippen LogP) is 4.61. The Morgan fingerprint density at radius 3 is 2.60 bits per heavy atom. The molecule has 0 bridgehead atoms. The minimum Gasteiger partial charge on any atom is -0.329 e. The summed E-state index contributed by atoms with van der Waals surface area (Å²) in [6.07, 6.45) is 3.74. The second kappa shape index (κ2) is 6.78. The van der Waals surface area contributed by atoms with Crippen molar-refractivity contribution in [3.63, 3.8) is 0 Å². The lowest BCUT2D eigenvalue weighted by atomic mass is 9.78. The van der Waals surface area contributed by atoms with Crippen LogP contribution in [-0.2, 0) is 0 Å². The Kier molecular flexibility index (Phi) is 5.52. The van der Waals surface area contributed by atoms with Crippen molar-refractivity contribution in [2.45, 2.75) is 39.2 Å². The summed E-state index contributed by atoms with van der Waals surface area (Å²) < 4.78 is 1.06. The third-order valence-corrected chi connectivity index (χ3v) is 5.68. The first-order valence-electron chi connectivity index (χ1n) is 7.38. The van der Waals surface area contributed by atoms with E-state index in [2.05, 4.69) is 40.7 Å². The van der Waals surface area contributed by atoms with Crippen LogP contribution in [0, 0.1) is 5.41 Å². The van der Waals surface area contributed by atoms with Crippen LogP contribution in [0.15, 0.2) is 22.7 Å². The molecule has 0 saturated carbocycles. The number of nitrogens with two attached hydrogens (primary N) is 1.